The van der Waals surface area contributed by atoms with Crippen molar-refractivity contribution in [1.29, 1.82) is 0 Å². The minimum atomic E-state index is -0.109. The van der Waals surface area contributed by atoms with Crippen LogP contribution in [0, 0.1) is 6.92 Å². The molecule has 1 fully saturated rings. The van der Waals surface area contributed by atoms with Crippen molar-refractivity contribution in [3.8, 4) is 11.5 Å². The summed E-state index contributed by atoms with van der Waals surface area (Å²) in [5.41, 5.74) is 2.87. The number of methoxy groups -OCH3 is 1. The minimum absolute atomic E-state index is 0.109. The molecule has 0 atom stereocenters. The van der Waals surface area contributed by atoms with Crippen LogP contribution >= 0.6 is 0 Å². The summed E-state index contributed by atoms with van der Waals surface area (Å²) in [6.45, 7) is 2.55. The van der Waals surface area contributed by atoms with E-state index in [1.165, 1.54) is 18.4 Å². The van der Waals surface area contributed by atoms with Crippen LogP contribution in [0.15, 0.2) is 42.5 Å². The average molecular weight is 339 g/mol. The topological polar surface area (TPSA) is 47.6 Å². The molecule has 3 rings (SSSR count). The zero-order chi connectivity index (χ0) is 17.6. The lowest BCUT2D eigenvalue weighted by atomic mass is 10.1. The Morgan fingerprint density at radius 1 is 1.12 bits per heavy atom. The van der Waals surface area contributed by atoms with E-state index in [1.807, 2.05) is 31.2 Å². The lowest BCUT2D eigenvalue weighted by Crippen LogP contribution is -2.23. The Hall–Kier alpha value is -2.49. The van der Waals surface area contributed by atoms with Gasteiger partial charge in [0.2, 0.25) is 0 Å². The molecule has 1 saturated carbocycles. The van der Waals surface area contributed by atoms with E-state index in [0.717, 1.165) is 18.4 Å². The quantitative estimate of drug-likeness (QED) is 0.855. The van der Waals surface area contributed by atoms with Crippen LogP contribution in [-0.2, 0) is 6.54 Å². The Morgan fingerprint density at radius 3 is 2.60 bits per heavy atom. The average Bonchev–Trinajstić information content (AvgIpc) is 3.14. The Labute approximate surface area is 149 Å². The van der Waals surface area contributed by atoms with Crippen molar-refractivity contribution in [2.75, 3.05) is 7.11 Å². The fourth-order valence-electron chi connectivity index (χ4n) is 3.18. The number of nitrogens with one attached hydrogen (secondary N) is 1. The molecular weight excluding hydrogens is 314 g/mol. The molecule has 0 unspecified atom stereocenters. The molecule has 0 spiro atoms. The van der Waals surface area contributed by atoms with Crippen LogP contribution in [0.25, 0.3) is 0 Å². The maximum absolute atomic E-state index is 12.5. The molecule has 0 radical (unpaired) electrons. The largest absolute Gasteiger partial charge is 0.493 e. The van der Waals surface area contributed by atoms with Gasteiger partial charge in [0.25, 0.3) is 5.91 Å². The lowest BCUT2D eigenvalue weighted by Gasteiger charge is -2.17. The zero-order valence-corrected chi connectivity index (χ0v) is 14.9. The number of ether oxygens (including phenoxy) is 2. The third-order valence-corrected chi connectivity index (χ3v) is 4.72. The summed E-state index contributed by atoms with van der Waals surface area (Å²) in [4.78, 5) is 12.5. The summed E-state index contributed by atoms with van der Waals surface area (Å²) >= 11 is 0. The maximum Gasteiger partial charge on any atom is 0.251 e. The van der Waals surface area contributed by atoms with Crippen LogP contribution in [0.1, 0.15) is 47.2 Å². The van der Waals surface area contributed by atoms with Gasteiger partial charge in [0.15, 0.2) is 11.5 Å². The Bertz CT molecular complexity index is 736. The molecule has 0 saturated heterocycles. The predicted octanol–water partition coefficient (Wildman–Crippen LogP) is 4.26. The van der Waals surface area contributed by atoms with E-state index < -0.39 is 0 Å². The van der Waals surface area contributed by atoms with E-state index in [9.17, 15) is 4.79 Å². The van der Waals surface area contributed by atoms with E-state index in [-0.39, 0.29) is 12.0 Å². The number of amides is 1. The Balaban J connectivity index is 1.70. The van der Waals surface area contributed by atoms with Gasteiger partial charge in [-0.1, -0.05) is 24.3 Å². The second-order valence-electron chi connectivity index (χ2n) is 6.50. The highest BCUT2D eigenvalue weighted by atomic mass is 16.5. The van der Waals surface area contributed by atoms with Crippen molar-refractivity contribution in [1.82, 2.24) is 5.32 Å². The second-order valence-corrected chi connectivity index (χ2v) is 6.50. The second kappa shape index (κ2) is 8.06. The summed E-state index contributed by atoms with van der Waals surface area (Å²) in [5.74, 6) is 1.21. The SMILES string of the molecule is COc1ccc(C(=O)NCc2ccccc2C)cc1OC1CCCC1. The summed E-state index contributed by atoms with van der Waals surface area (Å²) in [7, 11) is 1.62. The van der Waals surface area contributed by atoms with E-state index in [4.69, 9.17) is 9.47 Å². The third-order valence-electron chi connectivity index (χ3n) is 4.72. The molecular formula is C21H25NO3. The van der Waals surface area contributed by atoms with Gasteiger partial charge in [0.05, 0.1) is 13.2 Å². The standard InChI is InChI=1S/C21H25NO3/c1-15-7-3-4-8-17(15)14-22-21(23)16-11-12-19(24-2)20(13-16)25-18-9-5-6-10-18/h3-4,7-8,11-13,18H,5-6,9-10,14H2,1-2H3,(H,22,23). The number of aryl methyl sites for hydroxylation is 1. The predicted molar refractivity (Wildman–Crippen MR) is 98.2 cm³/mol. The van der Waals surface area contributed by atoms with Crippen LogP contribution in [0.3, 0.4) is 0 Å². The molecule has 2 aromatic carbocycles. The highest BCUT2D eigenvalue weighted by Gasteiger charge is 2.19. The van der Waals surface area contributed by atoms with Crippen molar-refractivity contribution < 1.29 is 14.3 Å². The smallest absolute Gasteiger partial charge is 0.251 e. The fourth-order valence-corrected chi connectivity index (χ4v) is 3.18. The van der Waals surface area contributed by atoms with Crippen LogP contribution < -0.4 is 14.8 Å². The molecule has 4 nitrogen and oxygen atoms in total. The summed E-state index contributed by atoms with van der Waals surface area (Å²) in [6, 6.07) is 13.4. The lowest BCUT2D eigenvalue weighted by molar-refractivity contribution is 0.0950. The molecule has 25 heavy (non-hydrogen) atoms. The molecule has 1 amide bonds. The molecule has 1 aliphatic carbocycles. The highest BCUT2D eigenvalue weighted by molar-refractivity contribution is 5.94. The molecule has 4 heteroatoms. The first kappa shape index (κ1) is 17.3. The van der Waals surface area contributed by atoms with Gasteiger partial charge in [-0.05, 0) is 61.9 Å². The number of benzene rings is 2. The van der Waals surface area contributed by atoms with E-state index in [1.54, 1.807) is 25.3 Å². The van der Waals surface area contributed by atoms with Gasteiger partial charge in [0, 0.05) is 12.1 Å². The molecule has 1 aliphatic rings. The van der Waals surface area contributed by atoms with Gasteiger partial charge >= 0.3 is 0 Å². The van der Waals surface area contributed by atoms with Crippen molar-refractivity contribution >= 4 is 5.91 Å². The number of hydrogen-bond donors (Lipinski definition) is 1. The van der Waals surface area contributed by atoms with Gasteiger partial charge in [0.1, 0.15) is 0 Å². The molecule has 2 aromatic rings. The van der Waals surface area contributed by atoms with Gasteiger partial charge in [-0.3, -0.25) is 4.79 Å². The molecule has 0 bridgehead atoms. The van der Waals surface area contributed by atoms with Crippen LogP contribution in [0.2, 0.25) is 0 Å². The first-order valence-electron chi connectivity index (χ1n) is 8.85. The van der Waals surface area contributed by atoms with Crippen molar-refractivity contribution in [3.63, 3.8) is 0 Å². The van der Waals surface area contributed by atoms with Gasteiger partial charge in [-0.25, -0.2) is 0 Å². The molecule has 1 N–H and O–H groups in total. The first-order valence-corrected chi connectivity index (χ1v) is 8.85. The summed E-state index contributed by atoms with van der Waals surface area (Å²) in [6.07, 6.45) is 4.74. The third kappa shape index (κ3) is 4.32. The molecule has 0 aromatic heterocycles. The zero-order valence-electron chi connectivity index (χ0n) is 14.9. The normalized spacial score (nSPS) is 14.3. The van der Waals surface area contributed by atoms with Crippen LogP contribution in [0.5, 0.6) is 11.5 Å². The van der Waals surface area contributed by atoms with Gasteiger partial charge < -0.3 is 14.8 Å². The fraction of sp³-hybridized carbons (Fsp3) is 0.381. The minimum Gasteiger partial charge on any atom is -0.493 e. The van der Waals surface area contributed by atoms with Crippen molar-refractivity contribution in [2.45, 2.75) is 45.3 Å². The Morgan fingerprint density at radius 2 is 1.88 bits per heavy atom. The van der Waals surface area contributed by atoms with Crippen molar-refractivity contribution in [2.24, 2.45) is 0 Å². The first-order chi connectivity index (χ1) is 12.2. The number of carbonyl (C=O) groups excluding carboxylic acids is 1. The van der Waals surface area contributed by atoms with E-state index in [0.29, 0.717) is 23.6 Å². The van der Waals surface area contributed by atoms with E-state index in [2.05, 4.69) is 5.32 Å². The molecule has 132 valence electrons. The van der Waals surface area contributed by atoms with Crippen LogP contribution in [-0.4, -0.2) is 19.1 Å². The molecule has 0 aliphatic heterocycles. The maximum atomic E-state index is 12.5. The van der Waals surface area contributed by atoms with Gasteiger partial charge in [-0.15, -0.1) is 0 Å². The summed E-state index contributed by atoms with van der Waals surface area (Å²) in [5, 5.41) is 2.98. The highest BCUT2D eigenvalue weighted by Crippen LogP contribution is 2.32. The number of hydrogen-bond acceptors (Lipinski definition) is 3. The van der Waals surface area contributed by atoms with Crippen LogP contribution in [0.4, 0.5) is 0 Å². The van der Waals surface area contributed by atoms with Gasteiger partial charge in [-0.2, -0.15) is 0 Å². The summed E-state index contributed by atoms with van der Waals surface area (Å²) < 4.78 is 11.4. The van der Waals surface area contributed by atoms with E-state index >= 15 is 0 Å². The van der Waals surface area contributed by atoms with Crippen molar-refractivity contribution in [3.05, 3.63) is 59.2 Å². The molecule has 0 heterocycles. The Kier molecular flexibility index (Phi) is 5.59. The number of rotatable bonds is 6. The monoisotopic (exact) mass is 339 g/mol. The number of carbonyl (C=O) groups is 1.